The molecule has 2 aromatic carbocycles. The van der Waals surface area contributed by atoms with Crippen molar-refractivity contribution in [1.82, 2.24) is 5.43 Å². The molecule has 1 heterocycles. The molecule has 0 radical (unpaired) electrons. The summed E-state index contributed by atoms with van der Waals surface area (Å²) in [6, 6.07) is 9.57. The molecule has 27 heavy (non-hydrogen) atoms. The van der Waals surface area contributed by atoms with Gasteiger partial charge in [0.15, 0.2) is 0 Å². The average Bonchev–Trinajstić information content (AvgIpc) is 2.64. The third-order valence-corrected chi connectivity index (χ3v) is 4.67. The molecule has 0 spiro atoms. The van der Waals surface area contributed by atoms with Crippen LogP contribution < -0.4 is 15.8 Å². The van der Waals surface area contributed by atoms with E-state index in [4.69, 9.17) is 9.15 Å². The number of hydrazone groups is 1. The van der Waals surface area contributed by atoms with Gasteiger partial charge in [0, 0.05) is 15.4 Å². The molecular weight excluding hydrogens is 484 g/mol. The summed E-state index contributed by atoms with van der Waals surface area (Å²) in [5.41, 5.74) is 1.97. The Kier molecular flexibility index (Phi) is 5.62. The molecule has 0 aliphatic heterocycles. The maximum Gasteiger partial charge on any atom is 0.349 e. The van der Waals surface area contributed by atoms with Crippen LogP contribution in [0.15, 0.2) is 59.7 Å². The fourth-order valence-electron chi connectivity index (χ4n) is 2.29. The molecule has 3 rings (SSSR count). The van der Waals surface area contributed by atoms with E-state index < -0.39 is 11.5 Å². The highest BCUT2D eigenvalue weighted by Gasteiger charge is 2.14. The Bertz CT molecular complexity index is 1120. The van der Waals surface area contributed by atoms with Gasteiger partial charge in [-0.2, -0.15) is 5.10 Å². The lowest BCUT2D eigenvalue weighted by Crippen LogP contribution is -2.24. The Hall–Kier alpha value is -2.65. The fourth-order valence-corrected chi connectivity index (χ4v) is 3.55. The molecule has 3 aromatic rings. The zero-order chi connectivity index (χ0) is 19.6. The van der Waals surface area contributed by atoms with Crippen LogP contribution in [-0.4, -0.2) is 24.3 Å². The highest BCUT2D eigenvalue weighted by molar-refractivity contribution is 9.11. The van der Waals surface area contributed by atoms with Crippen LogP contribution in [0.1, 0.15) is 15.9 Å². The van der Waals surface area contributed by atoms with Crippen molar-refractivity contribution in [3.05, 3.63) is 66.9 Å². The number of hydrogen-bond donors (Lipinski definition) is 2. The topological polar surface area (TPSA) is 101 Å². The molecule has 0 aliphatic rings. The molecule has 138 valence electrons. The Morgan fingerprint density at radius 3 is 2.78 bits per heavy atom. The lowest BCUT2D eigenvalue weighted by Gasteiger charge is -2.04. The standard InChI is InChI=1S/C18H12Br2N2O5/c1-26-12-2-3-15-9(5-12)6-13(18(25)27-15)17(24)22-21-8-10-4-11(19)7-14(20)16(10)23/h2-8,23H,1H3,(H,22,24)/b21-8-. The van der Waals surface area contributed by atoms with Gasteiger partial charge in [0.25, 0.3) is 5.91 Å². The lowest BCUT2D eigenvalue weighted by atomic mass is 10.1. The first-order valence-electron chi connectivity index (χ1n) is 7.52. The quantitative estimate of drug-likeness (QED) is 0.325. The number of carbonyl (C=O) groups excluding carboxylic acids is 1. The van der Waals surface area contributed by atoms with Crippen molar-refractivity contribution < 1.29 is 19.1 Å². The van der Waals surface area contributed by atoms with Crippen molar-refractivity contribution in [3.8, 4) is 11.5 Å². The van der Waals surface area contributed by atoms with Gasteiger partial charge in [-0.25, -0.2) is 10.2 Å². The Balaban J connectivity index is 1.86. The highest BCUT2D eigenvalue weighted by Crippen LogP contribution is 2.30. The molecular formula is C18H12Br2N2O5. The summed E-state index contributed by atoms with van der Waals surface area (Å²) in [6.07, 6.45) is 1.26. The van der Waals surface area contributed by atoms with Gasteiger partial charge in [-0.15, -0.1) is 0 Å². The molecule has 9 heteroatoms. The number of hydrogen-bond acceptors (Lipinski definition) is 6. The molecule has 7 nitrogen and oxygen atoms in total. The van der Waals surface area contributed by atoms with Gasteiger partial charge in [0.2, 0.25) is 0 Å². The second-order valence-electron chi connectivity index (χ2n) is 5.38. The monoisotopic (exact) mass is 494 g/mol. The van der Waals surface area contributed by atoms with Crippen molar-refractivity contribution in [2.24, 2.45) is 5.10 Å². The Morgan fingerprint density at radius 1 is 1.26 bits per heavy atom. The predicted molar refractivity (Wildman–Crippen MR) is 108 cm³/mol. The van der Waals surface area contributed by atoms with E-state index in [1.165, 1.54) is 19.4 Å². The Labute approximate surface area is 169 Å². The number of rotatable bonds is 4. The number of benzene rings is 2. The second kappa shape index (κ2) is 7.93. The maximum absolute atomic E-state index is 12.3. The smallest absolute Gasteiger partial charge is 0.349 e. The van der Waals surface area contributed by atoms with Gasteiger partial charge in [-0.05, 0) is 52.3 Å². The summed E-state index contributed by atoms with van der Waals surface area (Å²) in [5, 5.41) is 14.3. The number of phenolic OH excluding ortho intramolecular Hbond substituents is 1. The minimum Gasteiger partial charge on any atom is -0.506 e. The highest BCUT2D eigenvalue weighted by atomic mass is 79.9. The third-order valence-electron chi connectivity index (χ3n) is 3.61. The van der Waals surface area contributed by atoms with Crippen LogP contribution >= 0.6 is 31.9 Å². The van der Waals surface area contributed by atoms with E-state index >= 15 is 0 Å². The third kappa shape index (κ3) is 4.20. The number of ether oxygens (including phenoxy) is 1. The van der Waals surface area contributed by atoms with Crippen molar-refractivity contribution in [3.63, 3.8) is 0 Å². The van der Waals surface area contributed by atoms with Crippen molar-refractivity contribution in [2.75, 3.05) is 7.11 Å². The van der Waals surface area contributed by atoms with E-state index in [0.29, 0.717) is 31.2 Å². The summed E-state index contributed by atoms with van der Waals surface area (Å²) in [6.45, 7) is 0. The van der Waals surface area contributed by atoms with Crippen molar-refractivity contribution in [1.29, 1.82) is 0 Å². The normalized spacial score (nSPS) is 11.1. The number of carbonyl (C=O) groups is 1. The summed E-state index contributed by atoms with van der Waals surface area (Å²) < 4.78 is 11.5. The lowest BCUT2D eigenvalue weighted by molar-refractivity contribution is 0.0951. The van der Waals surface area contributed by atoms with Gasteiger partial charge < -0.3 is 14.3 Å². The molecule has 1 aromatic heterocycles. The van der Waals surface area contributed by atoms with Crippen LogP contribution in [0, 0.1) is 0 Å². The van der Waals surface area contributed by atoms with E-state index in [1.807, 2.05) is 0 Å². The number of amides is 1. The van der Waals surface area contributed by atoms with Gasteiger partial charge in [0.1, 0.15) is 22.6 Å². The molecule has 0 aliphatic carbocycles. The molecule has 0 bridgehead atoms. The Morgan fingerprint density at radius 2 is 2.04 bits per heavy atom. The molecule has 0 saturated heterocycles. The van der Waals surface area contributed by atoms with Gasteiger partial charge in [-0.3, -0.25) is 4.79 Å². The maximum atomic E-state index is 12.3. The number of fused-ring (bicyclic) bond motifs is 1. The summed E-state index contributed by atoms with van der Waals surface area (Å²) in [7, 11) is 1.51. The number of aromatic hydroxyl groups is 1. The van der Waals surface area contributed by atoms with Crippen LogP contribution in [0.5, 0.6) is 11.5 Å². The van der Waals surface area contributed by atoms with Gasteiger partial charge in [0.05, 0.1) is 17.8 Å². The number of phenols is 1. The SMILES string of the molecule is COc1ccc2oc(=O)c(C(=O)N/N=C\c3cc(Br)cc(Br)c3O)cc2c1. The molecule has 2 N–H and O–H groups in total. The van der Waals surface area contributed by atoms with Crippen LogP contribution in [0.25, 0.3) is 11.0 Å². The van der Waals surface area contributed by atoms with Crippen LogP contribution in [0.2, 0.25) is 0 Å². The van der Waals surface area contributed by atoms with Crippen LogP contribution in [0.3, 0.4) is 0 Å². The van der Waals surface area contributed by atoms with Gasteiger partial charge >= 0.3 is 5.63 Å². The van der Waals surface area contributed by atoms with Crippen molar-refractivity contribution in [2.45, 2.75) is 0 Å². The molecule has 0 fully saturated rings. The minimum atomic E-state index is -0.784. The van der Waals surface area contributed by atoms with E-state index in [2.05, 4.69) is 42.4 Å². The summed E-state index contributed by atoms with van der Waals surface area (Å²) >= 11 is 6.50. The zero-order valence-corrected chi connectivity index (χ0v) is 17.0. The predicted octanol–water partition coefficient (Wildman–Crippen LogP) is 3.80. The number of nitrogens with zero attached hydrogens (tertiary/aromatic N) is 1. The molecule has 0 unspecified atom stereocenters. The summed E-state index contributed by atoms with van der Waals surface area (Å²) in [4.78, 5) is 24.3. The van der Waals surface area contributed by atoms with Crippen LogP contribution in [0.4, 0.5) is 0 Å². The van der Waals surface area contributed by atoms with Crippen molar-refractivity contribution >= 4 is 55.0 Å². The first-order valence-corrected chi connectivity index (χ1v) is 9.11. The summed E-state index contributed by atoms with van der Waals surface area (Å²) in [5.74, 6) is -0.205. The van der Waals surface area contributed by atoms with E-state index in [1.54, 1.807) is 30.3 Å². The number of methoxy groups -OCH3 is 1. The van der Waals surface area contributed by atoms with E-state index in [9.17, 15) is 14.7 Å². The van der Waals surface area contributed by atoms with Crippen LogP contribution in [-0.2, 0) is 0 Å². The minimum absolute atomic E-state index is 0.0338. The largest absolute Gasteiger partial charge is 0.506 e. The first kappa shape index (κ1) is 19.1. The molecule has 1 amide bonds. The number of nitrogens with one attached hydrogen (secondary N) is 1. The van der Waals surface area contributed by atoms with E-state index in [0.717, 1.165) is 0 Å². The van der Waals surface area contributed by atoms with E-state index in [-0.39, 0.29) is 11.3 Å². The average molecular weight is 496 g/mol. The fraction of sp³-hybridized carbons (Fsp3) is 0.0556. The zero-order valence-electron chi connectivity index (χ0n) is 13.8. The molecule has 0 atom stereocenters. The first-order chi connectivity index (χ1) is 12.9. The second-order valence-corrected chi connectivity index (χ2v) is 7.15. The molecule has 0 saturated carbocycles. The van der Waals surface area contributed by atoms with Gasteiger partial charge in [-0.1, -0.05) is 15.9 Å². The number of halogens is 2.